The van der Waals surface area contributed by atoms with Crippen molar-refractivity contribution in [3.63, 3.8) is 0 Å². The topological polar surface area (TPSA) is 46.5 Å². The number of Topliss-reactive ketones (excluding diaryl/α,β-unsaturated/α-hetero) is 1. The van der Waals surface area contributed by atoms with Crippen LogP contribution in [0.1, 0.15) is 21.8 Å². The van der Waals surface area contributed by atoms with Crippen molar-refractivity contribution in [3.05, 3.63) is 59.7 Å². The van der Waals surface area contributed by atoms with Gasteiger partial charge in [-0.05, 0) is 18.2 Å². The predicted molar refractivity (Wildman–Crippen MR) is 67.1 cm³/mol. The average molecular weight is 240 g/mol. The molecule has 0 saturated carbocycles. The number of hydrogen-bond acceptors (Lipinski definition) is 3. The maximum atomic E-state index is 12.4. The third-order valence-corrected chi connectivity index (χ3v) is 3.19. The molecule has 1 unspecified atom stereocenters. The molecule has 1 N–H and O–H groups in total. The van der Waals surface area contributed by atoms with Crippen LogP contribution in [0.25, 0.3) is 0 Å². The summed E-state index contributed by atoms with van der Waals surface area (Å²) in [5, 5.41) is 9.82. The summed E-state index contributed by atoms with van der Waals surface area (Å²) in [5.74, 6) is 0.326. The van der Waals surface area contributed by atoms with Crippen molar-refractivity contribution in [2.24, 2.45) is 0 Å². The average Bonchev–Trinajstić information content (AvgIpc) is 2.41. The number of fused-ring (bicyclic) bond motifs is 1. The zero-order valence-electron chi connectivity index (χ0n) is 9.67. The van der Waals surface area contributed by atoms with E-state index in [1.54, 1.807) is 30.3 Å². The highest BCUT2D eigenvalue weighted by Crippen LogP contribution is 2.35. The molecule has 0 radical (unpaired) electrons. The Hall–Kier alpha value is -2.29. The fourth-order valence-electron chi connectivity index (χ4n) is 2.25. The zero-order chi connectivity index (χ0) is 12.5. The van der Waals surface area contributed by atoms with Crippen molar-refractivity contribution >= 4 is 5.78 Å². The van der Waals surface area contributed by atoms with Crippen LogP contribution in [0.2, 0.25) is 0 Å². The lowest BCUT2D eigenvalue weighted by Gasteiger charge is -2.24. The minimum atomic E-state index is -0.430. The predicted octanol–water partition coefficient (Wildman–Crippen LogP) is 2.75. The van der Waals surface area contributed by atoms with E-state index in [1.807, 2.05) is 18.2 Å². The first-order chi connectivity index (χ1) is 8.77. The van der Waals surface area contributed by atoms with Crippen molar-refractivity contribution in [1.82, 2.24) is 0 Å². The molecule has 0 fully saturated rings. The Balaban J connectivity index is 2.03. The lowest BCUT2D eigenvalue weighted by Crippen LogP contribution is -2.25. The van der Waals surface area contributed by atoms with Crippen LogP contribution >= 0.6 is 0 Å². The van der Waals surface area contributed by atoms with E-state index >= 15 is 0 Å². The highest BCUT2D eigenvalue weighted by molar-refractivity contribution is 6.04. The van der Waals surface area contributed by atoms with E-state index in [4.69, 9.17) is 4.74 Å². The van der Waals surface area contributed by atoms with Gasteiger partial charge in [0.2, 0.25) is 0 Å². The van der Waals surface area contributed by atoms with Crippen LogP contribution in [-0.4, -0.2) is 17.5 Å². The highest BCUT2D eigenvalue weighted by atomic mass is 16.5. The molecule has 1 aliphatic heterocycles. The second kappa shape index (κ2) is 4.18. The first kappa shape index (κ1) is 10.8. The third-order valence-electron chi connectivity index (χ3n) is 3.19. The lowest BCUT2D eigenvalue weighted by atomic mass is 9.88. The Labute approximate surface area is 105 Å². The normalized spacial score (nSPS) is 18.0. The second-order valence-corrected chi connectivity index (χ2v) is 4.28. The van der Waals surface area contributed by atoms with Crippen LogP contribution < -0.4 is 4.74 Å². The van der Waals surface area contributed by atoms with Gasteiger partial charge in [-0.25, -0.2) is 0 Å². The molecule has 3 heteroatoms. The van der Waals surface area contributed by atoms with Crippen molar-refractivity contribution in [1.29, 1.82) is 0 Å². The molecule has 0 aliphatic carbocycles. The maximum Gasteiger partial charge on any atom is 0.177 e. The lowest BCUT2D eigenvalue weighted by molar-refractivity contribution is 0.0894. The number of rotatable bonds is 1. The molecule has 3 rings (SSSR count). The number of ketones is 1. The first-order valence-corrected chi connectivity index (χ1v) is 5.81. The molecule has 1 heterocycles. The Kier molecular flexibility index (Phi) is 2.52. The van der Waals surface area contributed by atoms with Gasteiger partial charge in [0.05, 0.1) is 11.5 Å². The molecule has 0 amide bonds. The van der Waals surface area contributed by atoms with E-state index in [0.717, 1.165) is 0 Å². The summed E-state index contributed by atoms with van der Waals surface area (Å²) in [6, 6.07) is 14.1. The summed E-state index contributed by atoms with van der Waals surface area (Å²) >= 11 is 0. The van der Waals surface area contributed by atoms with Gasteiger partial charge in [-0.2, -0.15) is 0 Å². The first-order valence-electron chi connectivity index (χ1n) is 5.81. The van der Waals surface area contributed by atoms with Gasteiger partial charge >= 0.3 is 0 Å². The smallest absolute Gasteiger partial charge is 0.177 e. The molecule has 0 spiro atoms. The van der Waals surface area contributed by atoms with Crippen LogP contribution in [0.3, 0.4) is 0 Å². The van der Waals surface area contributed by atoms with Gasteiger partial charge in [-0.1, -0.05) is 30.3 Å². The Morgan fingerprint density at radius 3 is 2.61 bits per heavy atom. The molecule has 90 valence electrons. The molecule has 0 aromatic heterocycles. The number of ether oxygens (including phenoxy) is 1. The van der Waals surface area contributed by atoms with Crippen LogP contribution in [0.15, 0.2) is 48.5 Å². The highest BCUT2D eigenvalue weighted by Gasteiger charge is 2.31. The maximum absolute atomic E-state index is 12.4. The third kappa shape index (κ3) is 1.64. The molecule has 0 bridgehead atoms. The van der Waals surface area contributed by atoms with E-state index in [-0.39, 0.29) is 18.1 Å². The van der Waals surface area contributed by atoms with Crippen molar-refractivity contribution < 1.29 is 14.6 Å². The van der Waals surface area contributed by atoms with Crippen LogP contribution in [0, 0.1) is 0 Å². The monoisotopic (exact) mass is 240 g/mol. The summed E-state index contributed by atoms with van der Waals surface area (Å²) in [4.78, 5) is 12.4. The SMILES string of the molecule is O=C1c2ccccc2OCC1c1ccccc1O. The minimum absolute atomic E-state index is 0.00153. The van der Waals surface area contributed by atoms with Gasteiger partial charge in [0.1, 0.15) is 18.1 Å². The fraction of sp³-hybridized carbons (Fsp3) is 0.133. The number of para-hydroxylation sites is 2. The van der Waals surface area contributed by atoms with Gasteiger partial charge in [0.25, 0.3) is 0 Å². The standard InChI is InChI=1S/C15H12O3/c16-13-7-3-1-5-10(13)12-9-18-14-8-4-2-6-11(14)15(12)17/h1-8,12,16H,9H2. The van der Waals surface area contributed by atoms with Gasteiger partial charge in [0.15, 0.2) is 5.78 Å². The van der Waals surface area contributed by atoms with E-state index in [0.29, 0.717) is 16.9 Å². The van der Waals surface area contributed by atoms with Gasteiger partial charge in [-0.3, -0.25) is 4.79 Å². The van der Waals surface area contributed by atoms with Gasteiger partial charge < -0.3 is 9.84 Å². The summed E-state index contributed by atoms with van der Waals surface area (Å²) in [6.07, 6.45) is 0. The molecule has 1 aliphatic rings. The van der Waals surface area contributed by atoms with E-state index in [2.05, 4.69) is 0 Å². The van der Waals surface area contributed by atoms with E-state index in [9.17, 15) is 9.90 Å². The second-order valence-electron chi connectivity index (χ2n) is 4.28. The molecule has 2 aromatic rings. The Morgan fingerprint density at radius 1 is 1.06 bits per heavy atom. The Morgan fingerprint density at radius 2 is 1.78 bits per heavy atom. The number of hydrogen-bond donors (Lipinski definition) is 1. The molecule has 3 nitrogen and oxygen atoms in total. The van der Waals surface area contributed by atoms with Crippen molar-refractivity contribution in [3.8, 4) is 11.5 Å². The van der Waals surface area contributed by atoms with Crippen LogP contribution in [-0.2, 0) is 0 Å². The number of phenolic OH excluding ortho intramolecular Hbond substituents is 1. The fourth-order valence-corrected chi connectivity index (χ4v) is 2.25. The molecule has 0 saturated heterocycles. The number of carbonyl (C=O) groups is 1. The number of carbonyl (C=O) groups excluding carboxylic acids is 1. The van der Waals surface area contributed by atoms with Crippen LogP contribution in [0.5, 0.6) is 11.5 Å². The molecular weight excluding hydrogens is 228 g/mol. The minimum Gasteiger partial charge on any atom is -0.508 e. The van der Waals surface area contributed by atoms with E-state index < -0.39 is 5.92 Å². The quantitative estimate of drug-likeness (QED) is 0.833. The number of phenols is 1. The van der Waals surface area contributed by atoms with Crippen molar-refractivity contribution in [2.45, 2.75) is 5.92 Å². The largest absolute Gasteiger partial charge is 0.508 e. The van der Waals surface area contributed by atoms with Crippen molar-refractivity contribution in [2.75, 3.05) is 6.61 Å². The summed E-state index contributed by atoms with van der Waals surface area (Å²) in [6.45, 7) is 0.271. The summed E-state index contributed by atoms with van der Waals surface area (Å²) in [7, 11) is 0. The molecular formula is C15H12O3. The zero-order valence-corrected chi connectivity index (χ0v) is 9.67. The molecule has 1 atom stereocenters. The molecule has 18 heavy (non-hydrogen) atoms. The van der Waals surface area contributed by atoms with E-state index in [1.165, 1.54) is 0 Å². The number of benzene rings is 2. The van der Waals surface area contributed by atoms with Crippen LogP contribution in [0.4, 0.5) is 0 Å². The molecule has 2 aromatic carbocycles. The Bertz CT molecular complexity index is 604. The summed E-state index contributed by atoms with van der Waals surface area (Å²) in [5.41, 5.74) is 1.20. The number of aromatic hydroxyl groups is 1. The summed E-state index contributed by atoms with van der Waals surface area (Å²) < 4.78 is 5.58. The van der Waals surface area contributed by atoms with Gasteiger partial charge in [-0.15, -0.1) is 0 Å². The van der Waals surface area contributed by atoms with Gasteiger partial charge in [0, 0.05) is 5.56 Å².